The van der Waals surface area contributed by atoms with Crippen LogP contribution in [0.1, 0.15) is 24.5 Å². The van der Waals surface area contributed by atoms with E-state index in [1.165, 1.54) is 12.1 Å². The van der Waals surface area contributed by atoms with Crippen molar-refractivity contribution in [2.45, 2.75) is 18.8 Å². The molecule has 1 aromatic carbocycles. The highest BCUT2D eigenvalue weighted by atomic mass is 19.1. The fourth-order valence-corrected chi connectivity index (χ4v) is 3.76. The molecule has 0 spiro atoms. The molecule has 2 N–H and O–H groups in total. The average molecular weight is 385 g/mol. The maximum atomic E-state index is 13.6. The summed E-state index contributed by atoms with van der Waals surface area (Å²) >= 11 is 0. The molecule has 1 aromatic heterocycles. The molecule has 3 heterocycles. The zero-order chi connectivity index (χ0) is 19.7. The van der Waals surface area contributed by atoms with Gasteiger partial charge in [-0.05, 0) is 30.5 Å². The lowest BCUT2D eigenvalue weighted by atomic mass is 9.89. The van der Waals surface area contributed by atoms with Gasteiger partial charge in [0, 0.05) is 30.3 Å². The van der Waals surface area contributed by atoms with Crippen molar-refractivity contribution in [2.75, 3.05) is 26.2 Å². The summed E-state index contributed by atoms with van der Waals surface area (Å²) in [5, 5.41) is 9.56. The van der Waals surface area contributed by atoms with Gasteiger partial charge in [0.15, 0.2) is 0 Å². The molecule has 0 radical (unpaired) electrons. The Kier molecular flexibility index (Phi) is 4.81. The molecule has 2 saturated heterocycles. The number of piperidine rings is 1. The second kappa shape index (κ2) is 7.41. The number of amides is 4. The van der Waals surface area contributed by atoms with Crippen molar-refractivity contribution in [1.29, 1.82) is 0 Å². The Bertz CT molecular complexity index is 904. The molecule has 0 atom stereocenters. The zero-order valence-corrected chi connectivity index (χ0v) is 15.2. The number of hydrogen-bond acceptors (Lipinski definition) is 4. The second-order valence-electron chi connectivity index (χ2n) is 7.00. The van der Waals surface area contributed by atoms with Crippen LogP contribution in [0.15, 0.2) is 30.5 Å². The molecule has 0 bridgehead atoms. The van der Waals surface area contributed by atoms with Gasteiger partial charge in [-0.1, -0.05) is 12.1 Å². The topological polar surface area (TPSA) is 98.4 Å². The highest BCUT2D eigenvalue weighted by molar-refractivity contribution is 6.04. The Morgan fingerprint density at radius 1 is 1.25 bits per heavy atom. The Labute approximate surface area is 160 Å². The van der Waals surface area contributed by atoms with Crippen LogP contribution < -0.4 is 5.32 Å². The van der Waals surface area contributed by atoms with Gasteiger partial charge in [-0.25, -0.2) is 9.18 Å². The summed E-state index contributed by atoms with van der Waals surface area (Å²) < 4.78 is 13.6. The van der Waals surface area contributed by atoms with Crippen molar-refractivity contribution in [3.63, 3.8) is 0 Å². The molecular formula is C19H20FN5O3. The number of benzene rings is 1. The van der Waals surface area contributed by atoms with Crippen molar-refractivity contribution < 1.29 is 18.8 Å². The van der Waals surface area contributed by atoms with E-state index >= 15 is 0 Å². The summed E-state index contributed by atoms with van der Waals surface area (Å²) in [5.74, 6) is -0.753. The number of H-pyrrole nitrogens is 1. The number of rotatable bonds is 4. The van der Waals surface area contributed by atoms with Gasteiger partial charge in [0.2, 0.25) is 5.91 Å². The third-order valence-corrected chi connectivity index (χ3v) is 5.29. The molecule has 2 aliphatic rings. The van der Waals surface area contributed by atoms with Crippen LogP contribution in [0.25, 0.3) is 11.1 Å². The lowest BCUT2D eigenvalue weighted by Gasteiger charge is -2.32. The van der Waals surface area contributed by atoms with E-state index in [0.717, 1.165) is 34.6 Å². The summed E-state index contributed by atoms with van der Waals surface area (Å²) in [6.45, 7) is 0.758. The first-order valence-electron chi connectivity index (χ1n) is 9.18. The lowest BCUT2D eigenvalue weighted by Crippen LogP contribution is -2.45. The minimum Gasteiger partial charge on any atom is -0.341 e. The fourth-order valence-electron chi connectivity index (χ4n) is 3.76. The lowest BCUT2D eigenvalue weighted by molar-refractivity contribution is -0.137. The molecule has 0 aliphatic carbocycles. The number of hydrogen-bond donors (Lipinski definition) is 2. The van der Waals surface area contributed by atoms with Crippen molar-refractivity contribution >= 4 is 17.8 Å². The number of halogens is 1. The molecule has 0 saturated carbocycles. The Hall–Kier alpha value is -3.23. The van der Waals surface area contributed by atoms with Crippen LogP contribution in [-0.4, -0.2) is 64.0 Å². The molecule has 8 nitrogen and oxygen atoms in total. The SMILES string of the molecule is O=C(CN1C(=O)CNC1=O)N1CCC(c2[nH]ncc2-c2cccc(F)c2)CC1. The standard InChI is InChI=1S/C19H20FN5O3/c20-14-3-1-2-13(8-14)15-9-22-23-18(15)12-4-6-24(7-5-12)17(27)11-25-16(26)10-21-19(25)28/h1-3,8-9,12H,4-7,10-11H2,(H,21,28)(H,22,23). The van der Waals surface area contributed by atoms with Crippen LogP contribution in [0, 0.1) is 5.82 Å². The molecule has 2 aliphatic heterocycles. The molecule has 28 heavy (non-hydrogen) atoms. The highest BCUT2D eigenvalue weighted by Crippen LogP contribution is 2.34. The number of aromatic amines is 1. The smallest absolute Gasteiger partial charge is 0.325 e. The van der Waals surface area contributed by atoms with Gasteiger partial charge in [0.05, 0.1) is 12.7 Å². The number of urea groups is 1. The van der Waals surface area contributed by atoms with Crippen molar-refractivity contribution in [1.82, 2.24) is 25.3 Å². The van der Waals surface area contributed by atoms with E-state index in [1.807, 2.05) is 6.07 Å². The third-order valence-electron chi connectivity index (χ3n) is 5.29. The van der Waals surface area contributed by atoms with E-state index < -0.39 is 6.03 Å². The molecule has 146 valence electrons. The molecule has 2 aromatic rings. The van der Waals surface area contributed by atoms with Crippen LogP contribution >= 0.6 is 0 Å². The van der Waals surface area contributed by atoms with Crippen LogP contribution in [0.5, 0.6) is 0 Å². The third kappa shape index (κ3) is 3.47. The molecule has 4 amide bonds. The summed E-state index contributed by atoms with van der Waals surface area (Å²) in [4.78, 5) is 38.3. The van der Waals surface area contributed by atoms with E-state index in [0.29, 0.717) is 13.1 Å². The van der Waals surface area contributed by atoms with Gasteiger partial charge >= 0.3 is 6.03 Å². The largest absolute Gasteiger partial charge is 0.341 e. The van der Waals surface area contributed by atoms with Crippen molar-refractivity contribution in [2.24, 2.45) is 0 Å². The van der Waals surface area contributed by atoms with Crippen molar-refractivity contribution in [3.05, 3.63) is 42.0 Å². The predicted octanol–water partition coefficient (Wildman–Crippen LogP) is 1.47. The van der Waals surface area contributed by atoms with Crippen LogP contribution in [0.4, 0.5) is 9.18 Å². The quantitative estimate of drug-likeness (QED) is 0.779. The van der Waals surface area contributed by atoms with Crippen LogP contribution in [0.3, 0.4) is 0 Å². The molecule has 0 unspecified atom stereocenters. The Balaban J connectivity index is 1.40. The van der Waals surface area contributed by atoms with E-state index in [2.05, 4.69) is 15.5 Å². The number of carbonyl (C=O) groups is 3. The maximum absolute atomic E-state index is 13.6. The van der Waals surface area contributed by atoms with Gasteiger partial charge in [0.1, 0.15) is 12.4 Å². The van der Waals surface area contributed by atoms with Gasteiger partial charge in [-0.3, -0.25) is 19.6 Å². The number of carbonyl (C=O) groups excluding carboxylic acids is 3. The Morgan fingerprint density at radius 2 is 2.04 bits per heavy atom. The first-order valence-corrected chi connectivity index (χ1v) is 9.18. The summed E-state index contributed by atoms with van der Waals surface area (Å²) in [6.07, 6.45) is 3.13. The van der Waals surface area contributed by atoms with E-state index in [4.69, 9.17) is 0 Å². The Morgan fingerprint density at radius 3 is 2.71 bits per heavy atom. The van der Waals surface area contributed by atoms with Gasteiger partial charge in [-0.2, -0.15) is 5.10 Å². The van der Waals surface area contributed by atoms with Crippen LogP contribution in [0.2, 0.25) is 0 Å². The zero-order valence-electron chi connectivity index (χ0n) is 15.2. The average Bonchev–Trinajstić information content (AvgIpc) is 3.30. The van der Waals surface area contributed by atoms with Gasteiger partial charge in [0.25, 0.3) is 5.91 Å². The second-order valence-corrected chi connectivity index (χ2v) is 7.00. The summed E-state index contributed by atoms with van der Waals surface area (Å²) in [6, 6.07) is 5.86. The van der Waals surface area contributed by atoms with Gasteiger partial charge < -0.3 is 10.2 Å². The number of imide groups is 1. The normalized spacial score (nSPS) is 17.9. The summed E-state index contributed by atoms with van der Waals surface area (Å²) in [7, 11) is 0. The minimum absolute atomic E-state index is 0.0587. The highest BCUT2D eigenvalue weighted by Gasteiger charge is 2.33. The monoisotopic (exact) mass is 385 g/mol. The van der Waals surface area contributed by atoms with Gasteiger partial charge in [-0.15, -0.1) is 0 Å². The molecule has 4 rings (SSSR count). The number of nitrogens with one attached hydrogen (secondary N) is 2. The summed E-state index contributed by atoms with van der Waals surface area (Å²) in [5.41, 5.74) is 2.57. The first kappa shape index (κ1) is 18.1. The fraction of sp³-hybridized carbons (Fsp3) is 0.368. The molecule has 2 fully saturated rings. The maximum Gasteiger partial charge on any atom is 0.325 e. The van der Waals surface area contributed by atoms with Crippen LogP contribution in [-0.2, 0) is 9.59 Å². The molecular weight excluding hydrogens is 365 g/mol. The number of aromatic nitrogens is 2. The van der Waals surface area contributed by atoms with Crippen molar-refractivity contribution in [3.8, 4) is 11.1 Å². The van der Waals surface area contributed by atoms with E-state index in [1.54, 1.807) is 17.2 Å². The predicted molar refractivity (Wildman–Crippen MR) is 97.6 cm³/mol. The number of nitrogens with zero attached hydrogens (tertiary/aromatic N) is 3. The first-order chi connectivity index (χ1) is 13.5. The minimum atomic E-state index is -0.523. The van der Waals surface area contributed by atoms with E-state index in [9.17, 15) is 18.8 Å². The van der Waals surface area contributed by atoms with E-state index in [-0.39, 0.29) is 36.6 Å². The molecule has 9 heteroatoms. The number of likely N-dealkylation sites (tertiary alicyclic amines) is 1.